The van der Waals surface area contributed by atoms with Crippen LogP contribution < -0.4 is 5.73 Å². The maximum absolute atomic E-state index is 5.95. The fourth-order valence-corrected chi connectivity index (χ4v) is 1.40. The lowest BCUT2D eigenvalue weighted by atomic mass is 10.1. The average molecular weight is 151 g/mol. The van der Waals surface area contributed by atoms with Gasteiger partial charge >= 0.3 is 0 Å². The zero-order chi connectivity index (χ0) is 7.84. The van der Waals surface area contributed by atoms with Crippen LogP contribution in [0.1, 0.15) is 30.2 Å². The highest BCUT2D eigenvalue weighted by atomic mass is 16.3. The van der Waals surface area contributed by atoms with E-state index in [1.165, 1.54) is 18.4 Å². The molecule has 2 N–H and O–H groups in total. The van der Waals surface area contributed by atoms with Crippen LogP contribution in [0.5, 0.6) is 0 Å². The Hall–Kier alpha value is -0.760. The van der Waals surface area contributed by atoms with Gasteiger partial charge in [0, 0.05) is 0 Å². The molecule has 0 saturated heterocycles. The Morgan fingerprint density at radius 3 is 2.82 bits per heavy atom. The average Bonchev–Trinajstić information content (AvgIpc) is 2.74. The van der Waals surface area contributed by atoms with Crippen LogP contribution in [-0.4, -0.2) is 0 Å². The number of hydrogen-bond acceptors (Lipinski definition) is 2. The Morgan fingerprint density at radius 2 is 2.36 bits per heavy atom. The Bertz CT molecular complexity index is 250. The van der Waals surface area contributed by atoms with E-state index in [4.69, 9.17) is 10.2 Å². The maximum Gasteiger partial charge on any atom is 0.123 e. The highest BCUT2D eigenvalue weighted by molar-refractivity contribution is 5.19. The van der Waals surface area contributed by atoms with E-state index in [1.807, 2.05) is 13.0 Å². The third-order valence-corrected chi connectivity index (χ3v) is 2.33. The zero-order valence-corrected chi connectivity index (χ0v) is 6.71. The summed E-state index contributed by atoms with van der Waals surface area (Å²) in [5.41, 5.74) is 7.14. The molecule has 0 bridgehead atoms. The first-order valence-corrected chi connectivity index (χ1v) is 4.08. The van der Waals surface area contributed by atoms with Crippen LogP contribution in [0.25, 0.3) is 0 Å². The first-order valence-electron chi connectivity index (χ1n) is 4.08. The van der Waals surface area contributed by atoms with Gasteiger partial charge in [-0.3, -0.25) is 0 Å². The molecule has 2 heteroatoms. The molecule has 1 aromatic heterocycles. The molecule has 1 aliphatic rings. The van der Waals surface area contributed by atoms with Gasteiger partial charge in [0.2, 0.25) is 0 Å². The van der Waals surface area contributed by atoms with Crippen LogP contribution in [0, 0.1) is 12.8 Å². The molecule has 0 spiro atoms. The van der Waals surface area contributed by atoms with E-state index < -0.39 is 0 Å². The van der Waals surface area contributed by atoms with Crippen molar-refractivity contribution >= 4 is 0 Å². The van der Waals surface area contributed by atoms with Gasteiger partial charge in [-0.25, -0.2) is 0 Å². The van der Waals surface area contributed by atoms with Gasteiger partial charge in [-0.05, 0) is 37.3 Å². The van der Waals surface area contributed by atoms with E-state index >= 15 is 0 Å². The number of furan rings is 1. The molecule has 2 rings (SSSR count). The molecular weight excluding hydrogens is 138 g/mol. The summed E-state index contributed by atoms with van der Waals surface area (Å²) in [6, 6.07) is 2.11. The molecule has 2 nitrogen and oxygen atoms in total. The van der Waals surface area contributed by atoms with Gasteiger partial charge in [0.25, 0.3) is 0 Å². The minimum atomic E-state index is 0.144. The van der Waals surface area contributed by atoms with Gasteiger partial charge in [-0.2, -0.15) is 0 Å². The predicted molar refractivity (Wildman–Crippen MR) is 43.1 cm³/mol. The highest BCUT2D eigenvalue weighted by Gasteiger charge is 2.31. The fraction of sp³-hybridized carbons (Fsp3) is 0.556. The standard InChI is InChI=1S/C9H13NO/c1-6-4-5-11-9(6)8(10)7-2-3-7/h4-5,7-8H,2-3,10H2,1H3/t8-/m0/s1. The van der Waals surface area contributed by atoms with Crippen LogP contribution in [0.4, 0.5) is 0 Å². The van der Waals surface area contributed by atoms with E-state index in [0.29, 0.717) is 5.92 Å². The molecule has 1 aromatic rings. The Labute approximate surface area is 66.4 Å². The molecule has 0 amide bonds. The van der Waals surface area contributed by atoms with Gasteiger partial charge in [0.05, 0.1) is 12.3 Å². The topological polar surface area (TPSA) is 39.2 Å². The second kappa shape index (κ2) is 2.38. The second-order valence-corrected chi connectivity index (χ2v) is 3.33. The maximum atomic E-state index is 5.95. The Morgan fingerprint density at radius 1 is 1.64 bits per heavy atom. The van der Waals surface area contributed by atoms with Crippen molar-refractivity contribution in [3.05, 3.63) is 23.7 Å². The van der Waals surface area contributed by atoms with Crippen LogP contribution in [0.15, 0.2) is 16.7 Å². The van der Waals surface area contributed by atoms with Crippen LogP contribution in [0.3, 0.4) is 0 Å². The number of hydrogen-bond donors (Lipinski definition) is 1. The molecule has 60 valence electrons. The van der Waals surface area contributed by atoms with Crippen molar-refractivity contribution in [2.24, 2.45) is 11.7 Å². The van der Waals surface area contributed by atoms with E-state index in [0.717, 1.165) is 5.76 Å². The first-order chi connectivity index (χ1) is 5.29. The monoisotopic (exact) mass is 151 g/mol. The van der Waals surface area contributed by atoms with E-state index in [9.17, 15) is 0 Å². The lowest BCUT2D eigenvalue weighted by molar-refractivity contribution is 0.440. The minimum Gasteiger partial charge on any atom is -0.467 e. The number of rotatable bonds is 2. The molecular formula is C9H13NO. The number of aryl methyl sites for hydroxylation is 1. The summed E-state index contributed by atoms with van der Waals surface area (Å²) in [5, 5.41) is 0. The molecule has 1 atom stereocenters. The zero-order valence-electron chi connectivity index (χ0n) is 6.71. The van der Waals surface area contributed by atoms with E-state index in [2.05, 4.69) is 0 Å². The molecule has 1 heterocycles. The smallest absolute Gasteiger partial charge is 0.123 e. The van der Waals surface area contributed by atoms with Gasteiger partial charge in [0.1, 0.15) is 5.76 Å². The lowest BCUT2D eigenvalue weighted by Gasteiger charge is -2.06. The van der Waals surface area contributed by atoms with E-state index in [-0.39, 0.29) is 6.04 Å². The summed E-state index contributed by atoms with van der Waals surface area (Å²) in [7, 11) is 0. The van der Waals surface area contributed by atoms with Crippen molar-refractivity contribution in [1.29, 1.82) is 0 Å². The quantitative estimate of drug-likeness (QED) is 0.702. The summed E-state index contributed by atoms with van der Waals surface area (Å²) in [6.07, 6.45) is 4.25. The van der Waals surface area contributed by atoms with Crippen molar-refractivity contribution in [1.82, 2.24) is 0 Å². The third kappa shape index (κ3) is 1.18. The van der Waals surface area contributed by atoms with Gasteiger partial charge in [-0.15, -0.1) is 0 Å². The summed E-state index contributed by atoms with van der Waals surface area (Å²) < 4.78 is 5.30. The van der Waals surface area contributed by atoms with Crippen molar-refractivity contribution < 1.29 is 4.42 Å². The van der Waals surface area contributed by atoms with Gasteiger partial charge < -0.3 is 10.2 Å². The molecule has 1 aliphatic carbocycles. The predicted octanol–water partition coefficient (Wildman–Crippen LogP) is 2.00. The molecule has 0 aromatic carbocycles. The molecule has 11 heavy (non-hydrogen) atoms. The van der Waals surface area contributed by atoms with Gasteiger partial charge in [-0.1, -0.05) is 0 Å². The van der Waals surface area contributed by atoms with Crippen LogP contribution >= 0.6 is 0 Å². The molecule has 0 unspecified atom stereocenters. The first kappa shape index (κ1) is 6.92. The molecule has 1 saturated carbocycles. The molecule has 1 fully saturated rings. The molecule has 0 aliphatic heterocycles. The SMILES string of the molecule is Cc1ccoc1[C@@H](N)C1CC1. The Kier molecular flexibility index (Phi) is 1.50. The summed E-state index contributed by atoms with van der Waals surface area (Å²) in [5.74, 6) is 1.66. The molecule has 0 radical (unpaired) electrons. The van der Waals surface area contributed by atoms with Crippen molar-refractivity contribution in [3.63, 3.8) is 0 Å². The van der Waals surface area contributed by atoms with Crippen molar-refractivity contribution in [2.45, 2.75) is 25.8 Å². The third-order valence-electron chi connectivity index (χ3n) is 2.33. The Balaban J connectivity index is 2.20. The summed E-state index contributed by atoms with van der Waals surface area (Å²) >= 11 is 0. The normalized spacial score (nSPS) is 20.2. The number of nitrogens with two attached hydrogens (primary N) is 1. The van der Waals surface area contributed by atoms with E-state index in [1.54, 1.807) is 6.26 Å². The second-order valence-electron chi connectivity index (χ2n) is 3.33. The minimum absolute atomic E-state index is 0.144. The van der Waals surface area contributed by atoms with Crippen molar-refractivity contribution in [2.75, 3.05) is 0 Å². The van der Waals surface area contributed by atoms with Crippen LogP contribution in [-0.2, 0) is 0 Å². The highest BCUT2D eigenvalue weighted by Crippen LogP contribution is 2.40. The fourth-order valence-electron chi connectivity index (χ4n) is 1.40. The van der Waals surface area contributed by atoms with Crippen molar-refractivity contribution in [3.8, 4) is 0 Å². The van der Waals surface area contributed by atoms with Gasteiger partial charge in [0.15, 0.2) is 0 Å². The van der Waals surface area contributed by atoms with Crippen LogP contribution in [0.2, 0.25) is 0 Å². The summed E-state index contributed by atoms with van der Waals surface area (Å²) in [6.45, 7) is 2.04. The summed E-state index contributed by atoms with van der Waals surface area (Å²) in [4.78, 5) is 0. The lowest BCUT2D eigenvalue weighted by Crippen LogP contribution is -2.12. The largest absolute Gasteiger partial charge is 0.467 e.